The number of aromatic amines is 1. The van der Waals surface area contributed by atoms with Gasteiger partial charge in [0.05, 0.1) is 17.1 Å². The number of nitrogens with one attached hydrogen (secondary N) is 1. The SMILES string of the molecule is CCN(c1ccccc1)C(C)c1nc2cc(C)c(C)cc2[nH]1. The smallest absolute Gasteiger partial charge is 0.129 e. The summed E-state index contributed by atoms with van der Waals surface area (Å²) in [4.78, 5) is 10.7. The maximum Gasteiger partial charge on any atom is 0.129 e. The van der Waals surface area contributed by atoms with Crippen LogP contribution in [0.2, 0.25) is 0 Å². The van der Waals surface area contributed by atoms with E-state index >= 15 is 0 Å². The number of nitrogens with zero attached hydrogens (tertiary/aromatic N) is 2. The van der Waals surface area contributed by atoms with Gasteiger partial charge in [0.1, 0.15) is 5.82 Å². The average Bonchev–Trinajstić information content (AvgIpc) is 2.92. The topological polar surface area (TPSA) is 31.9 Å². The number of hydrogen-bond acceptors (Lipinski definition) is 2. The fourth-order valence-electron chi connectivity index (χ4n) is 2.93. The Bertz CT molecular complexity index is 735. The number of para-hydroxylation sites is 1. The number of imidazole rings is 1. The van der Waals surface area contributed by atoms with Crippen LogP contribution in [0.3, 0.4) is 0 Å². The van der Waals surface area contributed by atoms with Gasteiger partial charge >= 0.3 is 0 Å². The molecule has 0 bridgehead atoms. The lowest BCUT2D eigenvalue weighted by Gasteiger charge is -2.28. The van der Waals surface area contributed by atoms with Crippen LogP contribution in [-0.2, 0) is 0 Å². The molecule has 1 aromatic heterocycles. The molecule has 1 N–H and O–H groups in total. The van der Waals surface area contributed by atoms with Gasteiger partial charge in [0.25, 0.3) is 0 Å². The molecule has 0 aliphatic heterocycles. The highest BCUT2D eigenvalue weighted by molar-refractivity contribution is 5.77. The first-order valence-electron chi connectivity index (χ1n) is 7.88. The molecule has 3 rings (SSSR count). The quantitative estimate of drug-likeness (QED) is 0.751. The maximum absolute atomic E-state index is 4.81. The lowest BCUT2D eigenvalue weighted by molar-refractivity contribution is 0.658. The van der Waals surface area contributed by atoms with Crippen LogP contribution in [0.4, 0.5) is 5.69 Å². The van der Waals surface area contributed by atoms with Crippen molar-refractivity contribution in [1.82, 2.24) is 9.97 Å². The minimum atomic E-state index is 0.209. The molecule has 0 saturated heterocycles. The van der Waals surface area contributed by atoms with Crippen molar-refractivity contribution in [3.8, 4) is 0 Å². The van der Waals surface area contributed by atoms with Gasteiger partial charge in [-0.05, 0) is 63.1 Å². The standard InChI is InChI=1S/C19H23N3/c1-5-22(16-9-7-6-8-10-16)15(4)19-20-17-11-13(2)14(3)12-18(17)21-19/h6-12,15H,5H2,1-4H3,(H,20,21). The number of H-pyrrole nitrogens is 1. The highest BCUT2D eigenvalue weighted by Gasteiger charge is 2.18. The van der Waals surface area contributed by atoms with Gasteiger partial charge in [-0.15, -0.1) is 0 Å². The number of aryl methyl sites for hydroxylation is 2. The Morgan fingerprint density at radius 1 is 1.09 bits per heavy atom. The summed E-state index contributed by atoms with van der Waals surface area (Å²) in [5, 5.41) is 0. The summed E-state index contributed by atoms with van der Waals surface area (Å²) in [6, 6.07) is 15.1. The summed E-state index contributed by atoms with van der Waals surface area (Å²) in [5.74, 6) is 1.02. The van der Waals surface area contributed by atoms with Crippen LogP contribution in [0.15, 0.2) is 42.5 Å². The minimum Gasteiger partial charge on any atom is -0.362 e. The summed E-state index contributed by atoms with van der Waals surface area (Å²) in [7, 11) is 0. The summed E-state index contributed by atoms with van der Waals surface area (Å²) in [6.45, 7) is 9.60. The Hall–Kier alpha value is -2.29. The van der Waals surface area contributed by atoms with Gasteiger partial charge in [0.2, 0.25) is 0 Å². The lowest BCUT2D eigenvalue weighted by Crippen LogP contribution is -2.27. The fraction of sp³-hybridized carbons (Fsp3) is 0.316. The highest BCUT2D eigenvalue weighted by atomic mass is 15.2. The van der Waals surface area contributed by atoms with Crippen LogP contribution in [0, 0.1) is 13.8 Å². The van der Waals surface area contributed by atoms with E-state index in [1.165, 1.54) is 16.8 Å². The van der Waals surface area contributed by atoms with Gasteiger partial charge < -0.3 is 9.88 Å². The number of benzene rings is 2. The molecule has 3 aromatic rings. The number of rotatable bonds is 4. The third kappa shape index (κ3) is 2.59. The second-order valence-corrected chi connectivity index (χ2v) is 5.87. The second kappa shape index (κ2) is 5.84. The van der Waals surface area contributed by atoms with Gasteiger partial charge in [-0.25, -0.2) is 4.98 Å². The average molecular weight is 293 g/mol. The Morgan fingerprint density at radius 2 is 1.77 bits per heavy atom. The van der Waals surface area contributed by atoms with Gasteiger partial charge in [0, 0.05) is 12.2 Å². The summed E-state index contributed by atoms with van der Waals surface area (Å²) in [5.41, 5.74) is 5.98. The maximum atomic E-state index is 4.81. The van der Waals surface area contributed by atoms with E-state index in [2.05, 4.69) is 80.0 Å². The number of hydrogen-bond donors (Lipinski definition) is 1. The zero-order chi connectivity index (χ0) is 15.7. The van der Waals surface area contributed by atoms with Crippen LogP contribution in [0.25, 0.3) is 11.0 Å². The fourth-order valence-corrected chi connectivity index (χ4v) is 2.93. The third-order valence-corrected chi connectivity index (χ3v) is 4.41. The van der Waals surface area contributed by atoms with Crippen LogP contribution >= 0.6 is 0 Å². The Kier molecular flexibility index (Phi) is 3.88. The van der Waals surface area contributed by atoms with Crippen molar-refractivity contribution in [2.75, 3.05) is 11.4 Å². The summed E-state index contributed by atoms with van der Waals surface area (Å²) < 4.78 is 0. The first kappa shape index (κ1) is 14.6. The molecule has 2 aromatic carbocycles. The zero-order valence-corrected chi connectivity index (χ0v) is 13.7. The van der Waals surface area contributed by atoms with Crippen molar-refractivity contribution < 1.29 is 0 Å². The number of fused-ring (bicyclic) bond motifs is 1. The molecular formula is C19H23N3. The van der Waals surface area contributed by atoms with Crippen molar-refractivity contribution in [2.24, 2.45) is 0 Å². The molecule has 114 valence electrons. The van der Waals surface area contributed by atoms with Crippen molar-refractivity contribution in [1.29, 1.82) is 0 Å². The Balaban J connectivity index is 1.98. The molecule has 1 heterocycles. The van der Waals surface area contributed by atoms with E-state index in [1.807, 2.05) is 0 Å². The van der Waals surface area contributed by atoms with E-state index in [4.69, 9.17) is 4.98 Å². The third-order valence-electron chi connectivity index (χ3n) is 4.41. The van der Waals surface area contributed by atoms with Gasteiger partial charge in [0.15, 0.2) is 0 Å². The molecule has 0 amide bonds. The summed E-state index contributed by atoms with van der Waals surface area (Å²) >= 11 is 0. The molecule has 1 unspecified atom stereocenters. The van der Waals surface area contributed by atoms with Crippen LogP contribution in [0.5, 0.6) is 0 Å². The molecular weight excluding hydrogens is 270 g/mol. The molecule has 0 saturated carbocycles. The lowest BCUT2D eigenvalue weighted by atomic mass is 10.1. The van der Waals surface area contributed by atoms with Gasteiger partial charge in [-0.3, -0.25) is 0 Å². The van der Waals surface area contributed by atoms with Crippen molar-refractivity contribution in [3.63, 3.8) is 0 Å². The van der Waals surface area contributed by atoms with Crippen molar-refractivity contribution in [3.05, 3.63) is 59.4 Å². The van der Waals surface area contributed by atoms with E-state index in [9.17, 15) is 0 Å². The molecule has 22 heavy (non-hydrogen) atoms. The van der Waals surface area contributed by atoms with Crippen LogP contribution in [0.1, 0.15) is 36.8 Å². The van der Waals surface area contributed by atoms with E-state index in [-0.39, 0.29) is 6.04 Å². The molecule has 0 fully saturated rings. The molecule has 3 nitrogen and oxygen atoms in total. The molecule has 1 atom stereocenters. The largest absolute Gasteiger partial charge is 0.362 e. The molecule has 0 radical (unpaired) electrons. The van der Waals surface area contributed by atoms with Gasteiger partial charge in [-0.2, -0.15) is 0 Å². The number of aromatic nitrogens is 2. The normalized spacial score (nSPS) is 12.5. The molecule has 0 spiro atoms. The Morgan fingerprint density at radius 3 is 2.45 bits per heavy atom. The molecule has 3 heteroatoms. The Labute approximate surface area is 132 Å². The predicted molar refractivity (Wildman–Crippen MR) is 93.4 cm³/mol. The van der Waals surface area contributed by atoms with Crippen molar-refractivity contribution >= 4 is 16.7 Å². The predicted octanol–water partition coefficient (Wildman–Crippen LogP) is 4.77. The van der Waals surface area contributed by atoms with Gasteiger partial charge in [-0.1, -0.05) is 18.2 Å². The van der Waals surface area contributed by atoms with Crippen LogP contribution < -0.4 is 4.90 Å². The number of anilines is 1. The second-order valence-electron chi connectivity index (χ2n) is 5.87. The zero-order valence-electron chi connectivity index (χ0n) is 13.7. The molecule has 0 aliphatic rings. The van der Waals surface area contributed by atoms with E-state index in [0.29, 0.717) is 0 Å². The first-order chi connectivity index (χ1) is 10.6. The van der Waals surface area contributed by atoms with Crippen molar-refractivity contribution in [2.45, 2.75) is 33.7 Å². The molecule has 0 aliphatic carbocycles. The van der Waals surface area contributed by atoms with E-state index in [1.54, 1.807) is 0 Å². The van der Waals surface area contributed by atoms with Crippen LogP contribution in [-0.4, -0.2) is 16.5 Å². The highest BCUT2D eigenvalue weighted by Crippen LogP contribution is 2.27. The monoisotopic (exact) mass is 293 g/mol. The van der Waals surface area contributed by atoms with E-state index < -0.39 is 0 Å². The minimum absolute atomic E-state index is 0.209. The first-order valence-corrected chi connectivity index (χ1v) is 7.88. The van der Waals surface area contributed by atoms with E-state index in [0.717, 1.165) is 23.4 Å². The summed E-state index contributed by atoms with van der Waals surface area (Å²) in [6.07, 6.45) is 0.